The Bertz CT molecular complexity index is 580. The number of carboxylic acid groups (broad SMARTS) is 1. The van der Waals surface area contributed by atoms with Gasteiger partial charge in [0.1, 0.15) is 6.33 Å². The predicted molar refractivity (Wildman–Crippen MR) is 51.1 cm³/mol. The molecule has 0 aromatic carbocycles. The molecule has 94 valence electrons. The molecule has 0 atom stereocenters. The van der Waals surface area contributed by atoms with Gasteiger partial charge in [-0.3, -0.25) is 4.57 Å². The number of hydrogen-bond acceptors (Lipinski definition) is 4. The van der Waals surface area contributed by atoms with Gasteiger partial charge in [-0.25, -0.2) is 19.7 Å². The Hall–Kier alpha value is -2.45. The molecule has 2 aromatic heterocycles. The highest BCUT2D eigenvalue weighted by Crippen LogP contribution is 2.28. The molecule has 0 aliphatic carbocycles. The van der Waals surface area contributed by atoms with E-state index in [0.29, 0.717) is 6.07 Å². The third-order valence-corrected chi connectivity index (χ3v) is 1.96. The number of hydrogen-bond donors (Lipinski definition) is 1. The van der Waals surface area contributed by atoms with E-state index in [0.717, 1.165) is 4.57 Å². The lowest BCUT2D eigenvalue weighted by Gasteiger charge is -2.08. The summed E-state index contributed by atoms with van der Waals surface area (Å²) in [6.07, 6.45) is -0.964. The van der Waals surface area contributed by atoms with Crippen molar-refractivity contribution in [3.05, 3.63) is 36.2 Å². The van der Waals surface area contributed by atoms with Gasteiger partial charge in [0.2, 0.25) is 5.95 Å². The van der Waals surface area contributed by atoms with E-state index in [-0.39, 0.29) is 0 Å². The van der Waals surface area contributed by atoms with Crippen molar-refractivity contribution in [2.75, 3.05) is 0 Å². The lowest BCUT2D eigenvalue weighted by Crippen LogP contribution is -2.15. The van der Waals surface area contributed by atoms with E-state index in [1.165, 1.54) is 18.7 Å². The van der Waals surface area contributed by atoms with Gasteiger partial charge in [-0.05, 0) is 0 Å². The molecule has 1 N–H and O–H groups in total. The van der Waals surface area contributed by atoms with Gasteiger partial charge in [-0.2, -0.15) is 13.2 Å². The molecule has 0 aliphatic heterocycles. The topological polar surface area (TPSA) is 80.9 Å². The normalized spacial score (nSPS) is 11.5. The summed E-state index contributed by atoms with van der Waals surface area (Å²) in [6.45, 7) is 0. The number of alkyl halides is 3. The van der Waals surface area contributed by atoms with Crippen LogP contribution in [0.5, 0.6) is 0 Å². The molecule has 0 amide bonds. The molecule has 0 fully saturated rings. The predicted octanol–water partition coefficient (Wildman–Crippen LogP) is 1.38. The highest BCUT2D eigenvalue weighted by atomic mass is 19.4. The Morgan fingerprint density at radius 1 is 1.33 bits per heavy atom. The molecule has 0 spiro atoms. The molecule has 18 heavy (non-hydrogen) atoms. The molecule has 0 bridgehead atoms. The summed E-state index contributed by atoms with van der Waals surface area (Å²) in [5.74, 6) is -1.97. The quantitative estimate of drug-likeness (QED) is 0.880. The first-order chi connectivity index (χ1) is 8.38. The van der Waals surface area contributed by atoms with Crippen LogP contribution in [0.15, 0.2) is 24.8 Å². The molecule has 0 aliphatic rings. The van der Waals surface area contributed by atoms with Gasteiger partial charge in [0.05, 0.1) is 0 Å². The van der Waals surface area contributed by atoms with E-state index < -0.39 is 29.5 Å². The minimum absolute atomic E-state index is 0.378. The average molecular weight is 258 g/mol. The van der Waals surface area contributed by atoms with Crippen LogP contribution in [-0.4, -0.2) is 30.6 Å². The third-order valence-electron chi connectivity index (χ3n) is 1.96. The molecule has 0 saturated carbocycles. The minimum atomic E-state index is -4.75. The second-order valence-electron chi connectivity index (χ2n) is 3.21. The summed E-state index contributed by atoms with van der Waals surface area (Å²) in [4.78, 5) is 21.1. The van der Waals surface area contributed by atoms with Gasteiger partial charge in [0.15, 0.2) is 11.4 Å². The molecule has 0 radical (unpaired) electrons. The van der Waals surface area contributed by atoms with Gasteiger partial charge in [0.25, 0.3) is 0 Å². The Balaban J connectivity index is 2.61. The van der Waals surface area contributed by atoms with Crippen LogP contribution in [-0.2, 0) is 6.18 Å². The molecule has 9 heteroatoms. The van der Waals surface area contributed by atoms with Gasteiger partial charge < -0.3 is 5.11 Å². The van der Waals surface area contributed by atoms with Crippen LogP contribution < -0.4 is 0 Å². The second-order valence-corrected chi connectivity index (χ2v) is 3.21. The first kappa shape index (κ1) is 12.0. The van der Waals surface area contributed by atoms with Crippen LogP contribution in [0.25, 0.3) is 5.95 Å². The van der Waals surface area contributed by atoms with Gasteiger partial charge in [-0.1, -0.05) is 0 Å². The maximum absolute atomic E-state index is 12.5. The molecule has 2 heterocycles. The zero-order valence-corrected chi connectivity index (χ0v) is 8.59. The molecular weight excluding hydrogens is 253 g/mol. The van der Waals surface area contributed by atoms with Crippen molar-refractivity contribution >= 4 is 5.97 Å². The Labute approximate surface area is 97.7 Å². The van der Waals surface area contributed by atoms with Crippen LogP contribution in [0.1, 0.15) is 16.2 Å². The lowest BCUT2D eigenvalue weighted by atomic mass is 10.3. The average Bonchev–Trinajstić information content (AvgIpc) is 2.80. The van der Waals surface area contributed by atoms with Crippen LogP contribution in [0, 0.1) is 0 Å². The van der Waals surface area contributed by atoms with Crippen molar-refractivity contribution in [1.82, 2.24) is 19.5 Å². The number of rotatable bonds is 2. The van der Waals surface area contributed by atoms with Crippen molar-refractivity contribution in [1.29, 1.82) is 0 Å². The lowest BCUT2D eigenvalue weighted by molar-refractivity contribution is -0.141. The summed E-state index contributed by atoms with van der Waals surface area (Å²) in [5.41, 5.74) is -2.06. The van der Waals surface area contributed by atoms with Crippen molar-refractivity contribution in [2.45, 2.75) is 6.18 Å². The van der Waals surface area contributed by atoms with E-state index >= 15 is 0 Å². The van der Waals surface area contributed by atoms with Crippen molar-refractivity contribution in [3.63, 3.8) is 0 Å². The monoisotopic (exact) mass is 258 g/mol. The fraction of sp³-hybridized carbons (Fsp3) is 0.111. The fourth-order valence-electron chi connectivity index (χ4n) is 1.18. The molecule has 2 aromatic rings. The zero-order chi connectivity index (χ0) is 13.3. The third kappa shape index (κ3) is 2.29. The Morgan fingerprint density at radius 2 is 2.06 bits per heavy atom. The summed E-state index contributed by atoms with van der Waals surface area (Å²) >= 11 is 0. The number of aromatic nitrogens is 4. The smallest absolute Gasteiger partial charge is 0.433 e. The highest BCUT2D eigenvalue weighted by Gasteiger charge is 2.34. The molecule has 0 saturated heterocycles. The van der Waals surface area contributed by atoms with E-state index in [1.54, 1.807) is 0 Å². The number of carboxylic acids is 1. The van der Waals surface area contributed by atoms with Gasteiger partial charge >= 0.3 is 12.1 Å². The largest absolute Gasteiger partial charge is 0.477 e. The van der Waals surface area contributed by atoms with E-state index in [4.69, 9.17) is 5.11 Å². The summed E-state index contributed by atoms with van der Waals surface area (Å²) < 4.78 is 38.7. The van der Waals surface area contributed by atoms with Gasteiger partial charge in [0, 0.05) is 18.5 Å². The van der Waals surface area contributed by atoms with Crippen molar-refractivity contribution in [3.8, 4) is 5.95 Å². The second kappa shape index (κ2) is 4.09. The number of imidazole rings is 1. The van der Waals surface area contributed by atoms with E-state index in [9.17, 15) is 18.0 Å². The molecule has 0 unspecified atom stereocenters. The van der Waals surface area contributed by atoms with E-state index in [2.05, 4.69) is 15.0 Å². The first-order valence-electron chi connectivity index (χ1n) is 4.56. The number of nitrogens with zero attached hydrogens (tertiary/aromatic N) is 4. The number of carbonyl (C=O) groups is 1. The maximum Gasteiger partial charge on any atom is 0.433 e. The Morgan fingerprint density at radius 3 is 2.56 bits per heavy atom. The zero-order valence-electron chi connectivity index (χ0n) is 8.59. The van der Waals surface area contributed by atoms with Crippen molar-refractivity contribution in [2.24, 2.45) is 0 Å². The summed E-state index contributed by atoms with van der Waals surface area (Å²) in [7, 11) is 0. The first-order valence-corrected chi connectivity index (χ1v) is 4.56. The molecule has 6 nitrogen and oxygen atoms in total. The minimum Gasteiger partial charge on any atom is -0.477 e. The SMILES string of the molecule is O=C(O)c1cc(C(F)(F)F)nc(-n2ccnc2)n1. The van der Waals surface area contributed by atoms with Crippen LogP contribution >= 0.6 is 0 Å². The maximum atomic E-state index is 12.5. The van der Waals surface area contributed by atoms with Gasteiger partial charge in [-0.15, -0.1) is 0 Å². The van der Waals surface area contributed by atoms with Crippen LogP contribution in [0.2, 0.25) is 0 Å². The number of halogens is 3. The van der Waals surface area contributed by atoms with Crippen LogP contribution in [0.4, 0.5) is 13.2 Å². The molecular formula is C9H5F3N4O2. The standard InChI is InChI=1S/C9H5F3N4O2/c10-9(11,12)6-3-5(7(17)18)14-8(15-6)16-2-1-13-4-16/h1-4H,(H,17,18). The summed E-state index contributed by atoms with van der Waals surface area (Å²) in [6, 6.07) is 0.378. The number of aromatic carboxylic acids is 1. The van der Waals surface area contributed by atoms with Crippen LogP contribution in [0.3, 0.4) is 0 Å². The fourth-order valence-corrected chi connectivity index (χ4v) is 1.18. The van der Waals surface area contributed by atoms with E-state index in [1.807, 2.05) is 0 Å². The summed E-state index contributed by atoms with van der Waals surface area (Å²) in [5, 5.41) is 8.71. The highest BCUT2D eigenvalue weighted by molar-refractivity contribution is 5.85. The Kier molecular flexibility index (Phi) is 2.73. The molecule has 2 rings (SSSR count). The van der Waals surface area contributed by atoms with Crippen molar-refractivity contribution < 1.29 is 23.1 Å².